The molecule has 1 amide bonds. The van der Waals surface area contributed by atoms with Crippen molar-refractivity contribution in [3.63, 3.8) is 0 Å². The standard InChI is InChI=1S/C12H20N4O2/c1-7(2)9-6-8(3)11-13-10(14-16(9)11)12(17)15(4)18-5/h7-9H,6H2,1-5H3/t8-,9-/m0/s1. The molecule has 100 valence electrons. The lowest BCUT2D eigenvalue weighted by Gasteiger charge is -2.16. The van der Waals surface area contributed by atoms with Crippen LogP contribution in [0.5, 0.6) is 0 Å². The van der Waals surface area contributed by atoms with Gasteiger partial charge in [0.05, 0.1) is 13.2 Å². The molecule has 1 aromatic rings. The number of aromatic nitrogens is 3. The smallest absolute Gasteiger partial charge is 0.274 e. The third kappa shape index (κ3) is 2.01. The van der Waals surface area contributed by atoms with Crippen LogP contribution in [0.25, 0.3) is 0 Å². The van der Waals surface area contributed by atoms with E-state index in [1.165, 1.54) is 7.11 Å². The Hall–Kier alpha value is -1.43. The highest BCUT2D eigenvalue weighted by atomic mass is 16.7. The van der Waals surface area contributed by atoms with Crippen molar-refractivity contribution in [3.05, 3.63) is 11.6 Å². The molecular weight excluding hydrogens is 232 g/mol. The summed E-state index contributed by atoms with van der Waals surface area (Å²) in [7, 11) is 3.00. The number of rotatable bonds is 3. The summed E-state index contributed by atoms with van der Waals surface area (Å²) in [6, 6.07) is 0.330. The van der Waals surface area contributed by atoms with E-state index in [1.807, 2.05) is 4.68 Å². The molecule has 1 aliphatic rings. The molecule has 6 heteroatoms. The number of carbonyl (C=O) groups excluding carboxylic acids is 1. The zero-order valence-electron chi connectivity index (χ0n) is 11.5. The maximum absolute atomic E-state index is 11.9. The Labute approximate surface area is 107 Å². The Balaban J connectivity index is 2.32. The maximum Gasteiger partial charge on any atom is 0.316 e. The summed E-state index contributed by atoms with van der Waals surface area (Å²) < 4.78 is 1.91. The van der Waals surface area contributed by atoms with E-state index >= 15 is 0 Å². The van der Waals surface area contributed by atoms with Crippen LogP contribution in [-0.2, 0) is 4.84 Å². The zero-order chi connectivity index (χ0) is 13.4. The lowest BCUT2D eigenvalue weighted by Crippen LogP contribution is -2.27. The van der Waals surface area contributed by atoms with Crippen molar-refractivity contribution in [2.24, 2.45) is 5.92 Å². The third-order valence-electron chi connectivity index (χ3n) is 3.53. The first-order chi connectivity index (χ1) is 8.45. The monoisotopic (exact) mass is 252 g/mol. The van der Waals surface area contributed by atoms with Gasteiger partial charge in [-0.05, 0) is 12.3 Å². The largest absolute Gasteiger partial charge is 0.316 e. The molecule has 2 heterocycles. The number of hydroxylamine groups is 2. The van der Waals surface area contributed by atoms with E-state index in [0.29, 0.717) is 17.9 Å². The molecule has 0 N–H and O–H groups in total. The lowest BCUT2D eigenvalue weighted by atomic mass is 9.98. The number of nitrogens with zero attached hydrogens (tertiary/aromatic N) is 4. The molecule has 0 saturated carbocycles. The van der Waals surface area contributed by atoms with Gasteiger partial charge in [-0.3, -0.25) is 9.63 Å². The summed E-state index contributed by atoms with van der Waals surface area (Å²) in [5.41, 5.74) is 0. The van der Waals surface area contributed by atoms with E-state index in [4.69, 9.17) is 4.84 Å². The first-order valence-corrected chi connectivity index (χ1v) is 6.24. The Bertz CT molecular complexity index is 455. The highest BCUT2D eigenvalue weighted by Crippen LogP contribution is 2.38. The molecular formula is C12H20N4O2. The Morgan fingerprint density at radius 3 is 2.78 bits per heavy atom. The molecule has 0 unspecified atom stereocenters. The van der Waals surface area contributed by atoms with E-state index in [9.17, 15) is 4.79 Å². The van der Waals surface area contributed by atoms with Gasteiger partial charge >= 0.3 is 5.91 Å². The van der Waals surface area contributed by atoms with E-state index in [1.54, 1.807) is 7.05 Å². The molecule has 18 heavy (non-hydrogen) atoms. The predicted octanol–water partition coefficient (Wildman–Crippen LogP) is 1.62. The fraction of sp³-hybridized carbons (Fsp3) is 0.750. The molecule has 6 nitrogen and oxygen atoms in total. The van der Waals surface area contributed by atoms with Gasteiger partial charge in [0.1, 0.15) is 5.82 Å². The Morgan fingerprint density at radius 2 is 2.22 bits per heavy atom. The van der Waals surface area contributed by atoms with E-state index < -0.39 is 0 Å². The lowest BCUT2D eigenvalue weighted by molar-refractivity contribution is -0.0764. The predicted molar refractivity (Wildman–Crippen MR) is 66.0 cm³/mol. The normalized spacial score (nSPS) is 22.3. The molecule has 0 aromatic carbocycles. The van der Waals surface area contributed by atoms with Gasteiger partial charge in [-0.25, -0.2) is 14.7 Å². The molecule has 0 bridgehead atoms. The molecule has 1 aromatic heterocycles. The minimum absolute atomic E-state index is 0.214. The van der Waals surface area contributed by atoms with Crippen LogP contribution in [0, 0.1) is 5.92 Å². The van der Waals surface area contributed by atoms with Gasteiger partial charge in [0.2, 0.25) is 5.82 Å². The van der Waals surface area contributed by atoms with Crippen molar-refractivity contribution in [3.8, 4) is 0 Å². The highest BCUT2D eigenvalue weighted by Gasteiger charge is 2.34. The van der Waals surface area contributed by atoms with Crippen LogP contribution >= 0.6 is 0 Å². The van der Waals surface area contributed by atoms with Gasteiger partial charge in [0, 0.05) is 13.0 Å². The van der Waals surface area contributed by atoms with Crippen molar-refractivity contribution in [1.29, 1.82) is 0 Å². The minimum Gasteiger partial charge on any atom is -0.274 e. The van der Waals surface area contributed by atoms with Gasteiger partial charge in [-0.1, -0.05) is 20.8 Å². The van der Waals surface area contributed by atoms with E-state index in [0.717, 1.165) is 17.3 Å². The van der Waals surface area contributed by atoms with Crippen molar-refractivity contribution in [2.75, 3.05) is 14.2 Å². The summed E-state index contributed by atoms with van der Waals surface area (Å²) in [6.07, 6.45) is 1.04. The molecule has 2 rings (SSSR count). The number of hydrogen-bond donors (Lipinski definition) is 0. The molecule has 0 radical (unpaired) electrons. The van der Waals surface area contributed by atoms with Gasteiger partial charge in [0.25, 0.3) is 0 Å². The molecule has 0 aliphatic carbocycles. The molecule has 0 spiro atoms. The van der Waals surface area contributed by atoms with Crippen molar-refractivity contribution < 1.29 is 9.63 Å². The van der Waals surface area contributed by atoms with Crippen LogP contribution in [0.3, 0.4) is 0 Å². The van der Waals surface area contributed by atoms with Crippen molar-refractivity contribution in [2.45, 2.75) is 39.2 Å². The van der Waals surface area contributed by atoms with Crippen molar-refractivity contribution in [1.82, 2.24) is 19.8 Å². The molecule has 0 fully saturated rings. The Kier molecular flexibility index (Phi) is 3.38. The number of amides is 1. The highest BCUT2D eigenvalue weighted by molar-refractivity contribution is 5.89. The first-order valence-electron chi connectivity index (χ1n) is 6.24. The van der Waals surface area contributed by atoms with Crippen molar-refractivity contribution >= 4 is 5.91 Å². The van der Waals surface area contributed by atoms with Gasteiger partial charge in [-0.2, -0.15) is 0 Å². The summed E-state index contributed by atoms with van der Waals surface area (Å²) in [6.45, 7) is 6.45. The van der Waals surface area contributed by atoms with Crippen LogP contribution in [-0.4, -0.2) is 39.9 Å². The maximum atomic E-state index is 11.9. The van der Waals surface area contributed by atoms with E-state index in [-0.39, 0.29) is 11.7 Å². The van der Waals surface area contributed by atoms with Crippen LogP contribution in [0.1, 0.15) is 55.6 Å². The molecule has 2 atom stereocenters. The van der Waals surface area contributed by atoms with Crippen LogP contribution < -0.4 is 0 Å². The van der Waals surface area contributed by atoms with Crippen LogP contribution in [0.4, 0.5) is 0 Å². The number of hydrogen-bond acceptors (Lipinski definition) is 4. The van der Waals surface area contributed by atoms with Crippen LogP contribution in [0.2, 0.25) is 0 Å². The fourth-order valence-electron chi connectivity index (χ4n) is 2.35. The minimum atomic E-state index is -0.311. The van der Waals surface area contributed by atoms with Gasteiger partial charge < -0.3 is 0 Å². The number of carbonyl (C=O) groups is 1. The van der Waals surface area contributed by atoms with Gasteiger partial charge in [-0.15, -0.1) is 5.10 Å². The quantitative estimate of drug-likeness (QED) is 0.767. The summed E-state index contributed by atoms with van der Waals surface area (Å²) in [5, 5.41) is 5.49. The fourth-order valence-corrected chi connectivity index (χ4v) is 2.35. The molecule has 1 aliphatic heterocycles. The van der Waals surface area contributed by atoms with E-state index in [2.05, 4.69) is 30.9 Å². The second-order valence-corrected chi connectivity index (χ2v) is 5.17. The summed E-state index contributed by atoms with van der Waals surface area (Å²) >= 11 is 0. The second-order valence-electron chi connectivity index (χ2n) is 5.17. The molecule has 0 saturated heterocycles. The average molecular weight is 252 g/mol. The average Bonchev–Trinajstić information content (AvgIpc) is 2.88. The van der Waals surface area contributed by atoms with Gasteiger partial charge in [0.15, 0.2) is 0 Å². The first kappa shape index (κ1) is 13.0. The topological polar surface area (TPSA) is 60.2 Å². The van der Waals surface area contributed by atoms with Crippen LogP contribution in [0.15, 0.2) is 0 Å². The zero-order valence-corrected chi connectivity index (χ0v) is 11.5. The summed E-state index contributed by atoms with van der Waals surface area (Å²) in [4.78, 5) is 21.1. The summed E-state index contributed by atoms with van der Waals surface area (Å²) in [5.74, 6) is 1.64. The second kappa shape index (κ2) is 4.68. The Morgan fingerprint density at radius 1 is 1.56 bits per heavy atom. The SMILES string of the molecule is CON(C)C(=O)c1nc2n(n1)[C@H](C(C)C)C[C@@H]2C. The number of fused-ring (bicyclic) bond motifs is 1. The third-order valence-corrected chi connectivity index (χ3v) is 3.53.